The number of carbonyl (C=O) groups excluding carboxylic acids is 2. The molecule has 3 rings (SSSR count). The minimum atomic E-state index is -0.542. The van der Waals surface area contributed by atoms with E-state index in [0.717, 1.165) is 12.8 Å². The average Bonchev–Trinajstić information content (AvgIpc) is 2.90. The van der Waals surface area contributed by atoms with Crippen LogP contribution in [-0.4, -0.2) is 11.8 Å². The monoisotopic (exact) mass is 328 g/mol. The molecule has 0 saturated carbocycles. The van der Waals surface area contributed by atoms with Crippen LogP contribution in [0.25, 0.3) is 0 Å². The summed E-state index contributed by atoms with van der Waals surface area (Å²) in [5.41, 5.74) is 7.46. The zero-order valence-electron chi connectivity index (χ0n) is 12.9. The zero-order chi connectivity index (χ0) is 16.2. The second kappa shape index (κ2) is 6.96. The fourth-order valence-corrected chi connectivity index (χ4v) is 4.10. The van der Waals surface area contributed by atoms with Crippen molar-refractivity contribution in [1.82, 2.24) is 0 Å². The highest BCUT2D eigenvalue weighted by atomic mass is 32.1. The molecule has 0 spiro atoms. The van der Waals surface area contributed by atoms with E-state index < -0.39 is 5.91 Å². The van der Waals surface area contributed by atoms with Gasteiger partial charge in [0.25, 0.3) is 11.8 Å². The molecule has 0 aliphatic heterocycles. The van der Waals surface area contributed by atoms with Crippen molar-refractivity contribution in [1.29, 1.82) is 0 Å². The number of thiophene rings is 1. The molecule has 0 fully saturated rings. The van der Waals surface area contributed by atoms with E-state index in [4.69, 9.17) is 5.73 Å². The number of amides is 2. The van der Waals surface area contributed by atoms with Crippen LogP contribution >= 0.6 is 11.3 Å². The van der Waals surface area contributed by atoms with Crippen molar-refractivity contribution in [2.24, 2.45) is 5.73 Å². The van der Waals surface area contributed by atoms with Crippen molar-refractivity contribution in [3.63, 3.8) is 0 Å². The fraction of sp³-hybridized carbons (Fsp3) is 0.333. The number of nitrogens with one attached hydrogen (secondary N) is 1. The van der Waals surface area contributed by atoms with E-state index >= 15 is 0 Å². The number of anilines is 1. The maximum absolute atomic E-state index is 12.5. The maximum atomic E-state index is 12.5. The number of para-hydroxylation sites is 1. The van der Waals surface area contributed by atoms with Gasteiger partial charge >= 0.3 is 0 Å². The number of rotatable bonds is 3. The number of hydrogen-bond acceptors (Lipinski definition) is 3. The lowest BCUT2D eigenvalue weighted by atomic mass is 10.00. The van der Waals surface area contributed by atoms with Gasteiger partial charge in [0.2, 0.25) is 0 Å². The van der Waals surface area contributed by atoms with Gasteiger partial charge in [-0.2, -0.15) is 0 Å². The number of aryl methyl sites for hydroxylation is 2. The van der Waals surface area contributed by atoms with Crippen LogP contribution in [-0.2, 0) is 12.8 Å². The minimum Gasteiger partial charge on any atom is -0.366 e. The summed E-state index contributed by atoms with van der Waals surface area (Å²) in [4.78, 5) is 26.0. The van der Waals surface area contributed by atoms with Gasteiger partial charge in [0.1, 0.15) is 0 Å². The van der Waals surface area contributed by atoms with Gasteiger partial charge < -0.3 is 11.1 Å². The first kappa shape index (κ1) is 15.7. The van der Waals surface area contributed by atoms with Crippen LogP contribution < -0.4 is 11.1 Å². The van der Waals surface area contributed by atoms with Crippen LogP contribution in [0, 0.1) is 0 Å². The molecule has 3 N–H and O–H groups in total. The average molecular weight is 328 g/mol. The van der Waals surface area contributed by atoms with Gasteiger partial charge in [0.15, 0.2) is 0 Å². The molecule has 1 aliphatic carbocycles. The lowest BCUT2D eigenvalue weighted by molar-refractivity contribution is 0.100. The molecule has 0 unspecified atom stereocenters. The predicted octanol–water partition coefficient (Wildman–Crippen LogP) is 3.76. The molecule has 1 aromatic heterocycles. The Morgan fingerprint density at radius 1 is 1.04 bits per heavy atom. The Balaban J connectivity index is 1.81. The molecule has 1 aromatic carbocycles. The first-order valence-electron chi connectivity index (χ1n) is 7.97. The molecule has 1 heterocycles. The Hall–Kier alpha value is -2.14. The van der Waals surface area contributed by atoms with E-state index in [-0.39, 0.29) is 5.91 Å². The van der Waals surface area contributed by atoms with Crippen molar-refractivity contribution in [2.45, 2.75) is 38.5 Å². The van der Waals surface area contributed by atoms with Crippen molar-refractivity contribution in [3.05, 3.63) is 51.2 Å². The Labute approximate surface area is 139 Å². The molecule has 0 radical (unpaired) electrons. The second-order valence-corrected chi connectivity index (χ2v) is 6.97. The Kier molecular flexibility index (Phi) is 4.76. The lowest BCUT2D eigenvalue weighted by Crippen LogP contribution is -2.17. The van der Waals surface area contributed by atoms with Crippen molar-refractivity contribution in [2.75, 3.05) is 5.32 Å². The zero-order valence-corrected chi connectivity index (χ0v) is 13.7. The highest BCUT2D eigenvalue weighted by molar-refractivity contribution is 7.14. The van der Waals surface area contributed by atoms with Gasteiger partial charge in [-0.3, -0.25) is 9.59 Å². The van der Waals surface area contributed by atoms with E-state index in [2.05, 4.69) is 5.32 Å². The van der Waals surface area contributed by atoms with Crippen LogP contribution in [0.1, 0.15) is 56.2 Å². The minimum absolute atomic E-state index is 0.171. The number of primary amides is 1. The molecule has 120 valence electrons. The lowest BCUT2D eigenvalue weighted by Gasteiger charge is -2.07. The highest BCUT2D eigenvalue weighted by Gasteiger charge is 2.17. The molecule has 4 nitrogen and oxygen atoms in total. The third kappa shape index (κ3) is 3.62. The summed E-state index contributed by atoms with van der Waals surface area (Å²) in [6.07, 6.45) is 7.03. The van der Waals surface area contributed by atoms with Gasteiger partial charge in [-0.1, -0.05) is 25.0 Å². The van der Waals surface area contributed by atoms with E-state index in [1.165, 1.54) is 36.1 Å². The Morgan fingerprint density at radius 2 is 1.78 bits per heavy atom. The Bertz CT molecular complexity index is 711. The van der Waals surface area contributed by atoms with Crippen LogP contribution in [0.4, 0.5) is 5.69 Å². The second-order valence-electron chi connectivity index (χ2n) is 5.84. The van der Waals surface area contributed by atoms with Crippen LogP contribution in [0.5, 0.6) is 0 Å². The van der Waals surface area contributed by atoms with Gasteiger partial charge in [-0.25, -0.2) is 0 Å². The molecule has 2 aromatic rings. The van der Waals surface area contributed by atoms with Gasteiger partial charge in [-0.05, 0) is 49.4 Å². The van der Waals surface area contributed by atoms with Crippen molar-refractivity contribution >= 4 is 28.8 Å². The van der Waals surface area contributed by atoms with Crippen LogP contribution in [0.2, 0.25) is 0 Å². The summed E-state index contributed by atoms with van der Waals surface area (Å²) in [6, 6.07) is 8.82. The standard InChI is InChI=1S/C18H20N2O2S/c19-17(21)13-8-5-6-9-14(13)20-18(22)16-11-12-7-3-1-2-4-10-15(12)23-16/h5-6,8-9,11H,1-4,7,10H2,(H2,19,21)(H,20,22). The van der Waals surface area contributed by atoms with Crippen LogP contribution in [0.15, 0.2) is 30.3 Å². The van der Waals surface area contributed by atoms with E-state index in [0.29, 0.717) is 16.1 Å². The molecule has 23 heavy (non-hydrogen) atoms. The van der Waals surface area contributed by atoms with Gasteiger partial charge in [-0.15, -0.1) is 11.3 Å². The topological polar surface area (TPSA) is 72.2 Å². The molecule has 0 saturated heterocycles. The van der Waals surface area contributed by atoms with Gasteiger partial charge in [0.05, 0.1) is 16.1 Å². The third-order valence-electron chi connectivity index (χ3n) is 4.16. The molecular weight excluding hydrogens is 308 g/mol. The predicted molar refractivity (Wildman–Crippen MR) is 93.1 cm³/mol. The molecule has 2 amide bonds. The summed E-state index contributed by atoms with van der Waals surface area (Å²) in [7, 11) is 0. The number of hydrogen-bond donors (Lipinski definition) is 2. The smallest absolute Gasteiger partial charge is 0.265 e. The van der Waals surface area contributed by atoms with E-state index in [1.54, 1.807) is 35.6 Å². The maximum Gasteiger partial charge on any atom is 0.265 e. The fourth-order valence-electron chi connectivity index (χ4n) is 2.95. The highest BCUT2D eigenvalue weighted by Crippen LogP contribution is 2.29. The van der Waals surface area contributed by atoms with Gasteiger partial charge in [0, 0.05) is 4.88 Å². The number of fused-ring (bicyclic) bond motifs is 1. The Morgan fingerprint density at radius 3 is 2.57 bits per heavy atom. The third-order valence-corrected chi connectivity index (χ3v) is 5.40. The molecule has 1 aliphatic rings. The van der Waals surface area contributed by atoms with E-state index in [9.17, 15) is 9.59 Å². The molecule has 0 atom stereocenters. The van der Waals surface area contributed by atoms with Crippen LogP contribution in [0.3, 0.4) is 0 Å². The van der Waals surface area contributed by atoms with E-state index in [1.807, 2.05) is 6.07 Å². The summed E-state index contributed by atoms with van der Waals surface area (Å²) in [6.45, 7) is 0. The number of benzene rings is 1. The quantitative estimate of drug-likeness (QED) is 0.900. The first-order valence-corrected chi connectivity index (χ1v) is 8.78. The molecule has 5 heteroatoms. The SMILES string of the molecule is NC(=O)c1ccccc1NC(=O)c1cc2c(s1)CCCCCC2. The van der Waals surface area contributed by atoms with Crippen molar-refractivity contribution < 1.29 is 9.59 Å². The molecular formula is C18H20N2O2S. The largest absolute Gasteiger partial charge is 0.366 e. The summed E-state index contributed by atoms with van der Waals surface area (Å²) < 4.78 is 0. The number of carbonyl (C=O) groups is 2. The number of nitrogens with two attached hydrogens (primary N) is 1. The normalized spacial score (nSPS) is 14.4. The summed E-state index contributed by atoms with van der Waals surface area (Å²) in [5.74, 6) is -0.713. The molecule has 0 bridgehead atoms. The summed E-state index contributed by atoms with van der Waals surface area (Å²) in [5, 5.41) is 2.82. The summed E-state index contributed by atoms with van der Waals surface area (Å²) >= 11 is 1.57. The first-order chi connectivity index (χ1) is 11.1. The van der Waals surface area contributed by atoms with Crippen molar-refractivity contribution in [3.8, 4) is 0 Å².